The molecule has 1 aromatic carbocycles. The molecule has 7 heteroatoms. The van der Waals surface area contributed by atoms with Crippen LogP contribution in [0, 0.1) is 16.7 Å². The highest BCUT2D eigenvalue weighted by Gasteiger charge is 2.61. The van der Waals surface area contributed by atoms with E-state index in [4.69, 9.17) is 9.15 Å². The van der Waals surface area contributed by atoms with E-state index in [2.05, 4.69) is 19.2 Å². The molecule has 4 rings (SSSR count). The number of nitrogens with one attached hydrogen (secondary N) is 1. The van der Waals surface area contributed by atoms with Gasteiger partial charge in [0.2, 0.25) is 5.91 Å². The van der Waals surface area contributed by atoms with E-state index >= 15 is 0 Å². The van der Waals surface area contributed by atoms with Crippen LogP contribution in [0.3, 0.4) is 0 Å². The van der Waals surface area contributed by atoms with Gasteiger partial charge in [-0.1, -0.05) is 32.0 Å². The van der Waals surface area contributed by atoms with Crippen molar-refractivity contribution in [2.45, 2.75) is 39.1 Å². The van der Waals surface area contributed by atoms with Crippen LogP contribution >= 0.6 is 0 Å². The van der Waals surface area contributed by atoms with Gasteiger partial charge in [-0.2, -0.15) is 0 Å². The van der Waals surface area contributed by atoms with Crippen LogP contribution in [0.25, 0.3) is 11.0 Å². The van der Waals surface area contributed by atoms with E-state index in [9.17, 15) is 14.8 Å². The summed E-state index contributed by atoms with van der Waals surface area (Å²) in [6.07, 6.45) is 3.66. The Kier molecular flexibility index (Phi) is 4.57. The maximum atomic E-state index is 12.8. The predicted molar refractivity (Wildman–Crippen MR) is 102 cm³/mol. The summed E-state index contributed by atoms with van der Waals surface area (Å²) >= 11 is 0. The number of para-hydroxylation sites is 1. The fraction of sp³-hybridized carbons (Fsp3) is 0.550. The summed E-state index contributed by atoms with van der Waals surface area (Å²) in [6, 6.07) is 7.58. The molecule has 1 spiro atoms. The lowest BCUT2D eigenvalue weighted by atomic mass is 9.75. The average Bonchev–Trinajstić information content (AvgIpc) is 3.12. The number of carbonyl (C=O) groups is 1. The normalized spacial score (nSPS) is 27.5. The summed E-state index contributed by atoms with van der Waals surface area (Å²) in [7, 11) is -1.64. The van der Waals surface area contributed by atoms with E-state index in [1.807, 2.05) is 24.3 Å². The summed E-state index contributed by atoms with van der Waals surface area (Å²) in [5, 5.41) is 23.4. The van der Waals surface area contributed by atoms with Crippen molar-refractivity contribution in [3.05, 3.63) is 36.1 Å². The minimum atomic E-state index is -1.64. The molecule has 27 heavy (non-hydrogen) atoms. The Labute approximate surface area is 159 Å². The summed E-state index contributed by atoms with van der Waals surface area (Å²) in [6.45, 7) is 5.64. The molecule has 2 aliphatic rings. The van der Waals surface area contributed by atoms with E-state index in [0.29, 0.717) is 19.6 Å². The third-order valence-electron chi connectivity index (χ3n) is 5.91. The number of furan rings is 1. The van der Waals surface area contributed by atoms with Gasteiger partial charge in [0.15, 0.2) is 0 Å². The molecule has 2 fully saturated rings. The van der Waals surface area contributed by atoms with Crippen molar-refractivity contribution >= 4 is 24.0 Å². The molecule has 0 bridgehead atoms. The molecule has 3 atom stereocenters. The largest absolute Gasteiger partial charge is 0.475 e. The molecule has 3 N–H and O–H groups in total. The fourth-order valence-electron chi connectivity index (χ4n) is 4.60. The lowest BCUT2D eigenvalue weighted by molar-refractivity contribution is -0.125. The minimum absolute atomic E-state index is 0.0683. The van der Waals surface area contributed by atoms with Crippen LogP contribution in [-0.2, 0) is 16.0 Å². The van der Waals surface area contributed by atoms with Crippen molar-refractivity contribution in [2.75, 3.05) is 13.2 Å². The Balaban J connectivity index is 1.44. The maximum Gasteiger partial charge on any atom is 0.475 e. The Morgan fingerprint density at radius 1 is 1.33 bits per heavy atom. The third-order valence-corrected chi connectivity index (χ3v) is 5.91. The summed E-state index contributed by atoms with van der Waals surface area (Å²) < 4.78 is 11.3. The van der Waals surface area contributed by atoms with Crippen LogP contribution in [-0.4, -0.2) is 42.2 Å². The SMILES string of the molecule is CC1(C)COCC2(CC2C(=O)N[C@@H](Cc2coc3ccccc23)B(O)O)C1. The smallest absolute Gasteiger partial charge is 0.464 e. The maximum absolute atomic E-state index is 12.8. The molecule has 1 aliphatic carbocycles. The molecule has 6 nitrogen and oxygen atoms in total. The molecule has 2 aromatic rings. The van der Waals surface area contributed by atoms with Gasteiger partial charge in [0.1, 0.15) is 5.58 Å². The van der Waals surface area contributed by atoms with Crippen molar-refractivity contribution in [2.24, 2.45) is 16.7 Å². The third kappa shape index (κ3) is 3.64. The van der Waals surface area contributed by atoms with Crippen molar-refractivity contribution in [1.29, 1.82) is 0 Å². The second-order valence-corrected chi connectivity index (χ2v) is 8.94. The number of fused-ring (bicyclic) bond motifs is 1. The standard InChI is InChI=1S/C20H26BNO5/c1-19(2)10-20(12-26-11-19)8-15(20)18(23)22-17(21(24)25)7-13-9-27-16-6-4-3-5-14(13)16/h3-6,9,15,17,24-25H,7-8,10-12H2,1-2H3,(H,22,23)/t15?,17-,20?/m0/s1. The Morgan fingerprint density at radius 2 is 2.11 bits per heavy atom. The summed E-state index contributed by atoms with van der Waals surface area (Å²) in [4.78, 5) is 12.8. The van der Waals surface area contributed by atoms with E-state index in [1.165, 1.54) is 0 Å². The molecule has 1 aromatic heterocycles. The zero-order chi connectivity index (χ0) is 19.2. The topological polar surface area (TPSA) is 91.9 Å². The number of carbonyl (C=O) groups excluding carboxylic acids is 1. The van der Waals surface area contributed by atoms with Crippen molar-refractivity contribution < 1.29 is 24.0 Å². The number of hydrogen-bond donors (Lipinski definition) is 3. The lowest BCUT2D eigenvalue weighted by Gasteiger charge is -2.36. The minimum Gasteiger partial charge on any atom is -0.464 e. The quantitative estimate of drug-likeness (QED) is 0.699. The molecule has 2 heterocycles. The highest BCUT2D eigenvalue weighted by Crippen LogP contribution is 2.60. The summed E-state index contributed by atoms with van der Waals surface area (Å²) in [5.41, 5.74) is 1.56. The van der Waals surface area contributed by atoms with Gasteiger partial charge in [-0.05, 0) is 36.3 Å². The zero-order valence-electron chi connectivity index (χ0n) is 15.8. The first-order valence-corrected chi connectivity index (χ1v) is 9.49. The van der Waals surface area contributed by atoms with Gasteiger partial charge in [-0.3, -0.25) is 4.79 Å². The van der Waals surface area contributed by atoms with E-state index in [-0.39, 0.29) is 22.7 Å². The van der Waals surface area contributed by atoms with Crippen molar-refractivity contribution in [3.63, 3.8) is 0 Å². The number of benzene rings is 1. The molecule has 1 saturated heterocycles. The van der Waals surface area contributed by atoms with Crippen LogP contribution < -0.4 is 5.32 Å². The van der Waals surface area contributed by atoms with Gasteiger partial charge >= 0.3 is 7.12 Å². The van der Waals surface area contributed by atoms with Gasteiger partial charge in [0.05, 0.1) is 25.4 Å². The van der Waals surface area contributed by atoms with E-state index in [1.54, 1.807) is 6.26 Å². The second kappa shape index (κ2) is 6.65. The Bertz CT molecular complexity index is 848. The van der Waals surface area contributed by atoms with Gasteiger partial charge in [-0.25, -0.2) is 0 Å². The molecule has 1 amide bonds. The average molecular weight is 371 g/mol. The highest BCUT2D eigenvalue weighted by molar-refractivity contribution is 6.43. The van der Waals surface area contributed by atoms with Crippen molar-refractivity contribution in [1.82, 2.24) is 5.32 Å². The van der Waals surface area contributed by atoms with Gasteiger partial charge in [-0.15, -0.1) is 0 Å². The molecular weight excluding hydrogens is 345 g/mol. The zero-order valence-corrected chi connectivity index (χ0v) is 15.8. The molecule has 0 radical (unpaired) electrons. The van der Waals surface area contributed by atoms with Crippen LogP contribution in [0.1, 0.15) is 32.3 Å². The van der Waals surface area contributed by atoms with Crippen molar-refractivity contribution in [3.8, 4) is 0 Å². The summed E-state index contributed by atoms with van der Waals surface area (Å²) in [5.74, 6) is -1.03. The molecule has 2 unspecified atom stereocenters. The number of amides is 1. The fourth-order valence-corrected chi connectivity index (χ4v) is 4.60. The lowest BCUT2D eigenvalue weighted by Crippen LogP contribution is -2.49. The molecule has 1 saturated carbocycles. The first kappa shape index (κ1) is 18.5. The van der Waals surface area contributed by atoms with Gasteiger partial charge < -0.3 is 24.5 Å². The van der Waals surface area contributed by atoms with Crippen LogP contribution in [0.15, 0.2) is 34.9 Å². The number of rotatable bonds is 5. The number of ether oxygens (including phenoxy) is 1. The van der Waals surface area contributed by atoms with Crippen LogP contribution in [0.4, 0.5) is 0 Å². The Hall–Kier alpha value is -1.83. The first-order chi connectivity index (χ1) is 12.8. The highest BCUT2D eigenvalue weighted by atomic mass is 16.5. The monoisotopic (exact) mass is 371 g/mol. The van der Waals surface area contributed by atoms with Gasteiger partial charge in [0.25, 0.3) is 0 Å². The van der Waals surface area contributed by atoms with Crippen LogP contribution in [0.2, 0.25) is 0 Å². The molecule has 1 aliphatic heterocycles. The molecule has 144 valence electrons. The Morgan fingerprint density at radius 3 is 2.85 bits per heavy atom. The van der Waals surface area contributed by atoms with E-state index in [0.717, 1.165) is 29.4 Å². The van der Waals surface area contributed by atoms with E-state index < -0.39 is 13.1 Å². The molecular formula is C20H26BNO5. The number of hydrogen-bond acceptors (Lipinski definition) is 5. The second-order valence-electron chi connectivity index (χ2n) is 8.94. The predicted octanol–water partition coefficient (Wildman–Crippen LogP) is 1.92. The van der Waals surface area contributed by atoms with Gasteiger partial charge in [0, 0.05) is 16.7 Å². The first-order valence-electron chi connectivity index (χ1n) is 9.49. The van der Waals surface area contributed by atoms with Crippen LogP contribution in [0.5, 0.6) is 0 Å².